The molecule has 3 rings (SSSR count). The van der Waals surface area contributed by atoms with Gasteiger partial charge in [0.25, 0.3) is 11.8 Å². The van der Waals surface area contributed by atoms with Crippen molar-refractivity contribution in [3.05, 3.63) is 59.7 Å². The van der Waals surface area contributed by atoms with Crippen LogP contribution in [-0.4, -0.2) is 47.6 Å². The fraction of sp³-hybridized carbons (Fsp3) is 0.364. The number of rotatable bonds is 6. The maximum absolute atomic E-state index is 12.5. The molecule has 1 aliphatic heterocycles. The van der Waals surface area contributed by atoms with E-state index in [0.29, 0.717) is 31.5 Å². The van der Waals surface area contributed by atoms with Crippen molar-refractivity contribution in [3.63, 3.8) is 0 Å². The van der Waals surface area contributed by atoms with Crippen molar-refractivity contribution in [2.45, 2.75) is 32.2 Å². The van der Waals surface area contributed by atoms with Crippen molar-refractivity contribution < 1.29 is 19.4 Å². The number of nitrogens with one attached hydrogen (secondary N) is 1. The Balaban J connectivity index is 1.45. The van der Waals surface area contributed by atoms with Gasteiger partial charge in [-0.3, -0.25) is 9.59 Å². The molecule has 0 radical (unpaired) electrons. The summed E-state index contributed by atoms with van der Waals surface area (Å²) in [5, 5.41) is 12.5. The number of phenols is 1. The van der Waals surface area contributed by atoms with E-state index in [4.69, 9.17) is 4.74 Å². The number of phenolic OH excluding ortho intramolecular Hbond substituents is 1. The van der Waals surface area contributed by atoms with Crippen LogP contribution in [0.2, 0.25) is 0 Å². The zero-order valence-electron chi connectivity index (χ0n) is 16.1. The van der Waals surface area contributed by atoms with E-state index in [0.717, 1.165) is 17.7 Å². The fourth-order valence-corrected chi connectivity index (χ4v) is 3.40. The molecule has 6 heteroatoms. The van der Waals surface area contributed by atoms with Gasteiger partial charge in [-0.15, -0.1) is 0 Å². The van der Waals surface area contributed by atoms with Gasteiger partial charge < -0.3 is 20.1 Å². The Morgan fingerprint density at radius 2 is 1.89 bits per heavy atom. The average molecular weight is 382 g/mol. The molecule has 28 heavy (non-hydrogen) atoms. The van der Waals surface area contributed by atoms with Crippen LogP contribution in [0.15, 0.2) is 48.5 Å². The Kier molecular flexibility index (Phi) is 6.53. The predicted octanol–water partition coefficient (Wildman–Crippen LogP) is 2.75. The molecule has 0 atom stereocenters. The molecular formula is C22H26N2O4. The van der Waals surface area contributed by atoms with Gasteiger partial charge in [0.2, 0.25) is 0 Å². The zero-order chi connectivity index (χ0) is 19.9. The van der Waals surface area contributed by atoms with Crippen LogP contribution in [0.3, 0.4) is 0 Å². The van der Waals surface area contributed by atoms with Crippen LogP contribution in [0.5, 0.6) is 11.5 Å². The zero-order valence-corrected chi connectivity index (χ0v) is 16.1. The van der Waals surface area contributed by atoms with E-state index in [-0.39, 0.29) is 30.2 Å². The fourth-order valence-electron chi connectivity index (χ4n) is 3.40. The Labute approximate surface area is 165 Å². The van der Waals surface area contributed by atoms with E-state index in [9.17, 15) is 14.7 Å². The standard InChI is InChI=1S/C22H26N2O4/c1-2-16-6-3-4-9-20(16)28-15-21(26)23-18-10-12-24(13-11-18)22(27)17-7-5-8-19(25)14-17/h3-9,14,18,25H,2,10-13,15H2,1H3,(H,23,26). The van der Waals surface area contributed by atoms with Gasteiger partial charge in [0.05, 0.1) is 0 Å². The third kappa shape index (κ3) is 5.03. The highest BCUT2D eigenvalue weighted by Crippen LogP contribution is 2.19. The number of hydrogen-bond donors (Lipinski definition) is 2. The van der Waals surface area contributed by atoms with Gasteiger partial charge in [-0.05, 0) is 49.1 Å². The van der Waals surface area contributed by atoms with Gasteiger partial charge >= 0.3 is 0 Å². The van der Waals surface area contributed by atoms with Gasteiger partial charge in [0.1, 0.15) is 11.5 Å². The lowest BCUT2D eigenvalue weighted by atomic mass is 10.0. The molecule has 0 unspecified atom stereocenters. The number of benzene rings is 2. The number of aryl methyl sites for hydroxylation is 1. The molecule has 0 bridgehead atoms. The van der Waals surface area contributed by atoms with E-state index in [2.05, 4.69) is 5.32 Å². The van der Waals surface area contributed by atoms with Gasteiger partial charge in [-0.1, -0.05) is 31.2 Å². The summed E-state index contributed by atoms with van der Waals surface area (Å²) in [7, 11) is 0. The number of ether oxygens (including phenoxy) is 1. The Morgan fingerprint density at radius 1 is 1.14 bits per heavy atom. The maximum Gasteiger partial charge on any atom is 0.258 e. The van der Waals surface area contributed by atoms with Crippen LogP contribution in [-0.2, 0) is 11.2 Å². The van der Waals surface area contributed by atoms with Crippen molar-refractivity contribution >= 4 is 11.8 Å². The lowest BCUT2D eigenvalue weighted by Gasteiger charge is -2.32. The molecule has 1 heterocycles. The number of carbonyl (C=O) groups excluding carboxylic acids is 2. The molecule has 1 fully saturated rings. The minimum Gasteiger partial charge on any atom is -0.508 e. The van der Waals surface area contributed by atoms with Crippen molar-refractivity contribution in [2.75, 3.05) is 19.7 Å². The third-order valence-electron chi connectivity index (χ3n) is 4.95. The van der Waals surface area contributed by atoms with Crippen molar-refractivity contribution in [3.8, 4) is 11.5 Å². The molecule has 1 aliphatic rings. The van der Waals surface area contributed by atoms with Gasteiger partial charge in [-0.25, -0.2) is 0 Å². The molecule has 2 aromatic carbocycles. The van der Waals surface area contributed by atoms with E-state index >= 15 is 0 Å². The summed E-state index contributed by atoms with van der Waals surface area (Å²) in [6.45, 7) is 3.17. The molecule has 148 valence electrons. The largest absolute Gasteiger partial charge is 0.508 e. The lowest BCUT2D eigenvalue weighted by Crippen LogP contribution is -2.47. The highest BCUT2D eigenvalue weighted by molar-refractivity contribution is 5.94. The molecule has 0 spiro atoms. The normalized spacial score (nSPS) is 14.5. The van der Waals surface area contributed by atoms with Crippen LogP contribution in [0.25, 0.3) is 0 Å². The second kappa shape index (κ2) is 9.26. The lowest BCUT2D eigenvalue weighted by molar-refractivity contribution is -0.124. The van der Waals surface area contributed by atoms with E-state index in [1.165, 1.54) is 6.07 Å². The number of aromatic hydroxyl groups is 1. The summed E-state index contributed by atoms with van der Waals surface area (Å²) < 4.78 is 5.66. The second-order valence-corrected chi connectivity index (χ2v) is 6.93. The van der Waals surface area contributed by atoms with E-state index in [1.54, 1.807) is 23.1 Å². The maximum atomic E-state index is 12.5. The molecule has 0 saturated carbocycles. The van der Waals surface area contributed by atoms with Gasteiger partial charge in [0.15, 0.2) is 6.61 Å². The molecule has 2 N–H and O–H groups in total. The number of piperidine rings is 1. The summed E-state index contributed by atoms with van der Waals surface area (Å²) in [4.78, 5) is 26.5. The highest BCUT2D eigenvalue weighted by Gasteiger charge is 2.24. The number of amides is 2. The van der Waals surface area contributed by atoms with E-state index < -0.39 is 0 Å². The van der Waals surface area contributed by atoms with Gasteiger partial charge in [-0.2, -0.15) is 0 Å². The number of para-hydroxylation sites is 1. The molecule has 0 aliphatic carbocycles. The average Bonchev–Trinajstić information content (AvgIpc) is 2.72. The molecule has 6 nitrogen and oxygen atoms in total. The van der Waals surface area contributed by atoms with Crippen LogP contribution in [0.4, 0.5) is 0 Å². The number of hydrogen-bond acceptors (Lipinski definition) is 4. The smallest absolute Gasteiger partial charge is 0.258 e. The van der Waals surface area contributed by atoms with Crippen molar-refractivity contribution in [1.82, 2.24) is 10.2 Å². The summed E-state index contributed by atoms with van der Waals surface area (Å²) in [6.07, 6.45) is 2.24. The summed E-state index contributed by atoms with van der Waals surface area (Å²) in [5.41, 5.74) is 1.56. The monoisotopic (exact) mass is 382 g/mol. The number of nitrogens with zero attached hydrogens (tertiary/aromatic N) is 1. The number of carbonyl (C=O) groups is 2. The Hall–Kier alpha value is -3.02. The highest BCUT2D eigenvalue weighted by atomic mass is 16.5. The molecule has 2 aromatic rings. The summed E-state index contributed by atoms with van der Waals surface area (Å²) in [6, 6.07) is 14.1. The van der Waals surface area contributed by atoms with Crippen LogP contribution in [0.1, 0.15) is 35.7 Å². The SMILES string of the molecule is CCc1ccccc1OCC(=O)NC1CCN(C(=O)c2cccc(O)c2)CC1. The van der Waals surface area contributed by atoms with Crippen LogP contribution >= 0.6 is 0 Å². The predicted molar refractivity (Wildman–Crippen MR) is 106 cm³/mol. The first-order chi connectivity index (χ1) is 13.6. The molecule has 0 aromatic heterocycles. The quantitative estimate of drug-likeness (QED) is 0.805. The molecular weight excluding hydrogens is 356 g/mol. The van der Waals surface area contributed by atoms with Crippen LogP contribution in [0, 0.1) is 0 Å². The first kappa shape index (κ1) is 19.7. The summed E-state index contributed by atoms with van der Waals surface area (Å²) >= 11 is 0. The minimum absolute atomic E-state index is 0.0144. The third-order valence-corrected chi connectivity index (χ3v) is 4.95. The molecule has 2 amide bonds. The van der Waals surface area contributed by atoms with E-state index in [1.807, 2.05) is 31.2 Å². The molecule has 1 saturated heterocycles. The first-order valence-electron chi connectivity index (χ1n) is 9.65. The Bertz CT molecular complexity index is 829. The van der Waals surface area contributed by atoms with Crippen LogP contribution < -0.4 is 10.1 Å². The van der Waals surface area contributed by atoms with Crippen molar-refractivity contribution in [2.24, 2.45) is 0 Å². The van der Waals surface area contributed by atoms with Gasteiger partial charge in [0, 0.05) is 24.7 Å². The minimum atomic E-state index is -0.149. The second-order valence-electron chi connectivity index (χ2n) is 6.93. The Morgan fingerprint density at radius 3 is 2.61 bits per heavy atom. The topological polar surface area (TPSA) is 78.9 Å². The van der Waals surface area contributed by atoms with Crippen molar-refractivity contribution in [1.29, 1.82) is 0 Å². The first-order valence-corrected chi connectivity index (χ1v) is 9.65. The summed E-state index contributed by atoms with van der Waals surface area (Å²) in [5.74, 6) is 0.577. The number of likely N-dealkylation sites (tertiary alicyclic amines) is 1.